The fraction of sp³-hybridized carbons (Fsp3) is 0.286. The van der Waals surface area contributed by atoms with Gasteiger partial charge in [-0.2, -0.15) is 0 Å². The lowest BCUT2D eigenvalue weighted by molar-refractivity contribution is -0.131. The number of nitrogens with zero attached hydrogens (tertiary/aromatic N) is 1. The van der Waals surface area contributed by atoms with E-state index >= 15 is 0 Å². The fourth-order valence-electron chi connectivity index (χ4n) is 3.38. The Labute approximate surface area is 143 Å². The Morgan fingerprint density at radius 1 is 1.08 bits per heavy atom. The van der Waals surface area contributed by atoms with Gasteiger partial charge in [0.05, 0.1) is 0 Å². The molecule has 0 unspecified atom stereocenters. The van der Waals surface area contributed by atoms with Gasteiger partial charge < -0.3 is 5.11 Å². The number of hydrogen-bond donors (Lipinski definition) is 1. The van der Waals surface area contributed by atoms with Crippen LogP contribution in [0.15, 0.2) is 66.7 Å². The molecule has 0 amide bonds. The van der Waals surface area contributed by atoms with Crippen LogP contribution in [0.3, 0.4) is 0 Å². The maximum absolute atomic E-state index is 10.5. The summed E-state index contributed by atoms with van der Waals surface area (Å²) in [7, 11) is 0. The molecule has 0 aliphatic carbocycles. The summed E-state index contributed by atoms with van der Waals surface area (Å²) in [6.07, 6.45) is 5.98. The quantitative estimate of drug-likeness (QED) is 0.810. The first-order chi connectivity index (χ1) is 11.7. The van der Waals surface area contributed by atoms with E-state index in [-0.39, 0.29) is 0 Å². The topological polar surface area (TPSA) is 40.5 Å². The van der Waals surface area contributed by atoms with E-state index in [9.17, 15) is 4.79 Å². The second kappa shape index (κ2) is 7.93. The number of carboxylic acid groups (broad SMARTS) is 1. The Balaban J connectivity index is 1.65. The number of allylic oxidation sites excluding steroid dienone is 1. The van der Waals surface area contributed by atoms with Crippen LogP contribution in [0.1, 0.15) is 35.6 Å². The second-order valence-corrected chi connectivity index (χ2v) is 6.30. The van der Waals surface area contributed by atoms with Crippen molar-refractivity contribution >= 4 is 5.97 Å². The Bertz CT molecular complexity index is 692. The van der Waals surface area contributed by atoms with E-state index in [1.807, 2.05) is 0 Å². The number of hydrogen-bond acceptors (Lipinski definition) is 2. The zero-order valence-electron chi connectivity index (χ0n) is 13.8. The number of likely N-dealkylation sites (tertiary alicyclic amines) is 1. The van der Waals surface area contributed by atoms with Crippen LogP contribution in [0.25, 0.3) is 0 Å². The first-order valence-electron chi connectivity index (χ1n) is 8.48. The maximum Gasteiger partial charge on any atom is 0.327 e. The molecular weight excluding hydrogens is 298 g/mol. The van der Waals surface area contributed by atoms with Crippen LogP contribution in [0.2, 0.25) is 0 Å². The molecule has 3 heteroatoms. The third-order valence-electron chi connectivity index (χ3n) is 4.57. The highest BCUT2D eigenvalue weighted by molar-refractivity contribution is 5.79. The van der Waals surface area contributed by atoms with Gasteiger partial charge in [0.15, 0.2) is 0 Å². The highest BCUT2D eigenvalue weighted by Gasteiger charge is 2.25. The number of rotatable bonds is 6. The van der Waals surface area contributed by atoms with E-state index < -0.39 is 5.97 Å². The van der Waals surface area contributed by atoms with Crippen LogP contribution in [-0.4, -0.2) is 22.5 Å². The summed E-state index contributed by atoms with van der Waals surface area (Å²) in [4.78, 5) is 13.1. The molecule has 1 atom stereocenters. The summed E-state index contributed by atoms with van der Waals surface area (Å²) in [6.45, 7) is 2.14. The van der Waals surface area contributed by atoms with Crippen molar-refractivity contribution < 1.29 is 9.90 Å². The minimum Gasteiger partial charge on any atom is -0.478 e. The van der Waals surface area contributed by atoms with Crippen LogP contribution < -0.4 is 0 Å². The predicted molar refractivity (Wildman–Crippen MR) is 95.7 cm³/mol. The Morgan fingerprint density at radius 3 is 2.54 bits per heavy atom. The van der Waals surface area contributed by atoms with Crippen LogP contribution in [0, 0.1) is 0 Å². The van der Waals surface area contributed by atoms with Gasteiger partial charge in [-0.3, -0.25) is 4.90 Å². The molecule has 124 valence electrons. The molecule has 0 bridgehead atoms. The van der Waals surface area contributed by atoms with E-state index in [1.165, 1.54) is 30.0 Å². The largest absolute Gasteiger partial charge is 0.478 e. The average molecular weight is 321 g/mol. The van der Waals surface area contributed by atoms with E-state index in [0.717, 1.165) is 18.7 Å². The molecule has 0 saturated carbocycles. The van der Waals surface area contributed by atoms with Crippen LogP contribution in [0.5, 0.6) is 0 Å². The molecule has 0 aromatic heterocycles. The Hall–Kier alpha value is -2.39. The number of benzene rings is 2. The summed E-state index contributed by atoms with van der Waals surface area (Å²) in [5.41, 5.74) is 3.86. The molecule has 0 spiro atoms. The fourth-order valence-corrected chi connectivity index (χ4v) is 3.38. The van der Waals surface area contributed by atoms with Crippen LogP contribution >= 0.6 is 0 Å². The van der Waals surface area contributed by atoms with E-state index in [2.05, 4.69) is 59.5 Å². The van der Waals surface area contributed by atoms with Gasteiger partial charge in [0.2, 0.25) is 0 Å². The van der Waals surface area contributed by atoms with Crippen LogP contribution in [-0.2, 0) is 17.8 Å². The lowest BCUT2D eigenvalue weighted by Crippen LogP contribution is -2.22. The van der Waals surface area contributed by atoms with Gasteiger partial charge in [-0.05, 0) is 42.5 Å². The van der Waals surface area contributed by atoms with Gasteiger partial charge >= 0.3 is 5.97 Å². The van der Waals surface area contributed by atoms with Crippen molar-refractivity contribution in [2.45, 2.75) is 31.8 Å². The third kappa shape index (κ3) is 4.33. The summed E-state index contributed by atoms with van der Waals surface area (Å²) in [6, 6.07) is 19.7. The zero-order valence-corrected chi connectivity index (χ0v) is 13.8. The lowest BCUT2D eigenvalue weighted by Gasteiger charge is -2.25. The lowest BCUT2D eigenvalue weighted by atomic mass is 10.0. The molecule has 1 fully saturated rings. The summed E-state index contributed by atoms with van der Waals surface area (Å²) >= 11 is 0. The van der Waals surface area contributed by atoms with Gasteiger partial charge in [0.1, 0.15) is 0 Å². The number of carboxylic acids is 1. The smallest absolute Gasteiger partial charge is 0.327 e. The van der Waals surface area contributed by atoms with Crippen molar-refractivity contribution in [3.8, 4) is 0 Å². The van der Waals surface area contributed by atoms with E-state index in [4.69, 9.17) is 5.11 Å². The normalized spacial score (nSPS) is 18.2. The first kappa shape index (κ1) is 16.5. The van der Waals surface area contributed by atoms with Crippen molar-refractivity contribution in [2.75, 3.05) is 6.54 Å². The second-order valence-electron chi connectivity index (χ2n) is 6.30. The van der Waals surface area contributed by atoms with Crippen molar-refractivity contribution in [2.24, 2.45) is 0 Å². The molecule has 1 saturated heterocycles. The first-order valence-corrected chi connectivity index (χ1v) is 8.48. The van der Waals surface area contributed by atoms with Crippen molar-refractivity contribution in [1.82, 2.24) is 4.90 Å². The molecule has 1 N–H and O–H groups in total. The highest BCUT2D eigenvalue weighted by atomic mass is 16.4. The third-order valence-corrected chi connectivity index (χ3v) is 4.57. The summed E-state index contributed by atoms with van der Waals surface area (Å²) in [5, 5.41) is 8.64. The van der Waals surface area contributed by atoms with Crippen LogP contribution in [0.4, 0.5) is 0 Å². The van der Waals surface area contributed by atoms with Gasteiger partial charge in [0, 0.05) is 18.7 Å². The minimum atomic E-state index is -0.894. The van der Waals surface area contributed by atoms with E-state index in [0.29, 0.717) is 12.5 Å². The van der Waals surface area contributed by atoms with Gasteiger partial charge in [-0.25, -0.2) is 4.79 Å². The molecule has 3 rings (SSSR count). The summed E-state index contributed by atoms with van der Waals surface area (Å²) < 4.78 is 0. The highest BCUT2D eigenvalue weighted by Crippen LogP contribution is 2.33. The predicted octanol–water partition coefficient (Wildman–Crippen LogP) is 4.21. The molecule has 1 heterocycles. The van der Waals surface area contributed by atoms with Gasteiger partial charge in [-0.1, -0.05) is 60.7 Å². The Kier molecular flexibility index (Phi) is 5.44. The molecule has 2 aromatic carbocycles. The Morgan fingerprint density at radius 2 is 1.83 bits per heavy atom. The molecule has 2 aromatic rings. The standard InChI is InChI=1S/C21H23NO2/c23-21(24)10-4-8-17-11-13-19(14-12-17)20-9-5-15-22(20)16-18-6-2-1-3-7-18/h1-4,6-7,10-14,20H,5,8-9,15-16H2,(H,23,24)/b10-4+/t20-/m0/s1. The van der Waals surface area contributed by atoms with Crippen molar-refractivity contribution in [1.29, 1.82) is 0 Å². The molecule has 3 nitrogen and oxygen atoms in total. The molecule has 1 aliphatic heterocycles. The van der Waals surface area contributed by atoms with Crippen molar-refractivity contribution in [3.63, 3.8) is 0 Å². The average Bonchev–Trinajstić information content (AvgIpc) is 3.04. The van der Waals surface area contributed by atoms with Gasteiger partial charge in [-0.15, -0.1) is 0 Å². The van der Waals surface area contributed by atoms with Gasteiger partial charge in [0.25, 0.3) is 0 Å². The zero-order chi connectivity index (χ0) is 16.8. The monoisotopic (exact) mass is 321 g/mol. The minimum absolute atomic E-state index is 0.480. The SMILES string of the molecule is O=C(O)/C=C/Cc1ccc([C@@H]2CCCN2Cc2ccccc2)cc1. The molecule has 24 heavy (non-hydrogen) atoms. The molecule has 1 aliphatic rings. The van der Waals surface area contributed by atoms with Crippen molar-refractivity contribution in [3.05, 3.63) is 83.4 Å². The number of carbonyl (C=O) groups is 1. The number of aliphatic carboxylic acids is 1. The maximum atomic E-state index is 10.5. The van der Waals surface area contributed by atoms with E-state index in [1.54, 1.807) is 6.08 Å². The molecule has 0 radical (unpaired) electrons. The summed E-state index contributed by atoms with van der Waals surface area (Å²) in [5.74, 6) is -0.894. The molecular formula is C21H23NO2.